The van der Waals surface area contributed by atoms with Crippen LogP contribution in [0.25, 0.3) is 68.6 Å². The fourth-order valence-electron chi connectivity index (χ4n) is 8.66. The molecule has 0 aliphatic heterocycles. The first-order chi connectivity index (χ1) is 53.5. The Bertz CT molecular complexity index is 5540. The quantitative estimate of drug-likeness (QED) is 0.0173. The van der Waals surface area contributed by atoms with Crippen molar-refractivity contribution >= 4 is 253 Å². The van der Waals surface area contributed by atoms with Gasteiger partial charge in [-0.3, -0.25) is 60.9 Å². The second-order valence-electron chi connectivity index (χ2n) is 21.9. The van der Waals surface area contributed by atoms with Gasteiger partial charge in [0.2, 0.25) is 0 Å². The zero-order valence-corrected chi connectivity index (χ0v) is 81.8. The van der Waals surface area contributed by atoms with Crippen molar-refractivity contribution in [2.24, 2.45) is 5.11 Å². The maximum absolute atomic E-state index is 14.0. The van der Waals surface area contributed by atoms with Gasteiger partial charge in [-0.2, -0.15) is 5.26 Å². The molecule has 0 aliphatic rings. The minimum Gasteiger partial charge on any atom is -0.469 e. The average molecular weight is 2160 g/mol. The number of benzene rings is 1. The van der Waals surface area contributed by atoms with Gasteiger partial charge in [-0.1, -0.05) is 78.9 Å². The molecule has 0 fully saturated rings. The number of rotatable bonds is 14. The molecule has 0 radical (unpaired) electrons. The normalized spacial score (nSPS) is 11.2. The fourth-order valence-corrected chi connectivity index (χ4v) is 14.9. The van der Waals surface area contributed by atoms with E-state index < -0.39 is 29.8 Å². The monoisotopic (exact) mass is 2160 g/mol. The third kappa shape index (κ3) is 32.2. The molecule has 4 unspecified atom stereocenters. The summed E-state index contributed by atoms with van der Waals surface area (Å²) in [6, 6.07) is 8.44. The Labute approximate surface area is 760 Å². The van der Waals surface area contributed by atoms with Crippen LogP contribution in [0.15, 0.2) is 103 Å². The molecule has 4 N–H and O–H groups in total. The van der Waals surface area contributed by atoms with Gasteiger partial charge in [0.05, 0.1) is 92.6 Å². The standard InChI is InChI=1S/C20H16FN7OS.C9H8Br2N2OS.C9H8BrN5OS.C9H9BrN2OS.C6H9BrO3.C6H10O3.C4H6N2S.C2H3N.CH2Cl2.Br2.N3.Na/c1-10-7-30-20-27-15(11(2)26-18-16-17(23-8-22-16)24-9-25-18)14(19(29)28(10)20)12-4-3-5-13(21)6-12;1-4-3-15-9-12-7(5(2)10)6(11)8(14)13(4)9;1-4-3-17-9-12-7(5(2)13-14-11)6(10)8(16)15(4)9;1-5-4-14-9-11-7(6(2)10)3-8(13)12(5)9;1-4(7)5(8)3-6(9)10-2;1-3-5(7)4-6(8)9-2;1-3-2-7-4(5)6-3;1-2-3;2-1-3;1-2;1-3-2;/h3-9,11H,1-2H3,(H2,22,23,24,25,26);3,5H,1-2H3;3,5H,1-2H3;3-4,6H,1-2H3;4H,3H2,1-2H3;3-4H2,1-2H3;2H,1H3,(H2,5,6);1H3;1H2;;;/q;;;;;;;;;;-1;+1/t11-;;;;;;;;;;;/m0.........../s1. The Morgan fingerprint density at radius 1 is 0.702 bits per heavy atom. The van der Waals surface area contributed by atoms with Gasteiger partial charge in [0.1, 0.15) is 45.2 Å². The molecule has 12 rings (SSSR count). The van der Waals surface area contributed by atoms with Crippen LogP contribution in [-0.4, -0.2) is 110 Å². The van der Waals surface area contributed by atoms with Crippen LogP contribution in [0, 0.1) is 51.8 Å². The van der Waals surface area contributed by atoms with Crippen molar-refractivity contribution in [3.8, 4) is 17.2 Å². The number of esters is 2. The number of thiazole rings is 5. The van der Waals surface area contributed by atoms with Gasteiger partial charge in [0.15, 0.2) is 42.2 Å². The third-order valence-electron chi connectivity index (χ3n) is 13.9. The molecule has 0 saturated heterocycles. The van der Waals surface area contributed by atoms with Crippen LogP contribution in [0.3, 0.4) is 0 Å². The molecule has 5 atom stereocenters. The number of imidazole rings is 1. The van der Waals surface area contributed by atoms with E-state index in [0.29, 0.717) is 69.9 Å². The number of fused-ring (bicyclic) bond motifs is 5. The number of aryl methyl sites for hydroxylation is 5. The number of ether oxygens (including phenoxy) is 2. The van der Waals surface area contributed by atoms with Crippen molar-refractivity contribution in [3.63, 3.8) is 0 Å². The average Bonchev–Trinajstić information content (AvgIpc) is 1.51. The number of aromatic nitrogens is 13. The first-order valence-electron chi connectivity index (χ1n) is 31.9. The zero-order chi connectivity index (χ0) is 85.7. The molecule has 1 aromatic carbocycles. The molecule has 32 nitrogen and oxygen atoms in total. The van der Waals surface area contributed by atoms with Crippen LogP contribution < -0.4 is 62.8 Å². The number of Topliss-reactive ketones (excluding diaryl/α,β-unsaturated/α-hetero) is 2. The summed E-state index contributed by atoms with van der Waals surface area (Å²) in [6.07, 6.45) is 3.11. The zero-order valence-electron chi connectivity index (χ0n) is 63.1. The number of nitrogen functional groups attached to an aromatic ring is 1. The van der Waals surface area contributed by atoms with Crippen LogP contribution >= 0.6 is 188 Å². The number of nitrogens with zero attached hydrogens (tertiary/aromatic N) is 19. The number of hydrogen-bond donors (Lipinski definition) is 3. The first-order valence-corrected chi connectivity index (χ1v) is 45.4. The van der Waals surface area contributed by atoms with E-state index in [-0.39, 0.29) is 96.0 Å². The molecule has 0 amide bonds. The summed E-state index contributed by atoms with van der Waals surface area (Å²) in [5.74, 6) is -1.06. The van der Waals surface area contributed by atoms with Crippen molar-refractivity contribution in [2.45, 2.75) is 129 Å². The van der Waals surface area contributed by atoms with Crippen molar-refractivity contribution in [2.75, 3.05) is 30.6 Å². The molecule has 114 heavy (non-hydrogen) atoms. The number of halogens is 10. The number of hydrogen-bond acceptors (Lipinski definition) is 27. The number of carbonyl (C=O) groups is 4. The second kappa shape index (κ2) is 54.6. The molecule has 606 valence electrons. The van der Waals surface area contributed by atoms with E-state index in [1.165, 1.54) is 106 Å². The summed E-state index contributed by atoms with van der Waals surface area (Å²) in [4.78, 5) is 135. The Kier molecular flexibility index (Phi) is 50.6. The van der Waals surface area contributed by atoms with Gasteiger partial charge in [-0.15, -0.1) is 79.9 Å². The molecule has 12 aromatic rings. The molecular weight excluding hydrogens is 2090 g/mol. The van der Waals surface area contributed by atoms with Gasteiger partial charge in [-0.25, -0.2) is 44.3 Å². The van der Waals surface area contributed by atoms with Crippen molar-refractivity contribution in [1.82, 2.24) is 62.5 Å². The maximum atomic E-state index is 14.0. The van der Waals surface area contributed by atoms with Crippen LogP contribution in [0.4, 0.5) is 15.3 Å². The number of azide groups is 1. The van der Waals surface area contributed by atoms with Gasteiger partial charge < -0.3 is 36.6 Å². The van der Waals surface area contributed by atoms with E-state index in [1.54, 1.807) is 64.6 Å². The Morgan fingerprint density at radius 3 is 1.60 bits per heavy atom. The van der Waals surface area contributed by atoms with E-state index in [4.69, 9.17) is 55.8 Å². The first kappa shape index (κ1) is 106. The van der Waals surface area contributed by atoms with E-state index in [1.807, 2.05) is 82.3 Å². The summed E-state index contributed by atoms with van der Waals surface area (Å²) in [5.41, 5.74) is 35.8. The predicted molar refractivity (Wildman–Crippen MR) is 472 cm³/mol. The number of nitriles is 1. The summed E-state index contributed by atoms with van der Waals surface area (Å²) >= 11 is 38.6. The molecule has 11 aromatic heterocycles. The summed E-state index contributed by atoms with van der Waals surface area (Å²) in [7, 11) is 2.53. The number of methoxy groups -OCH3 is 2. The van der Waals surface area contributed by atoms with Gasteiger partial charge in [0, 0.05) is 102 Å². The number of nitrogens with two attached hydrogens (primary N) is 1. The summed E-state index contributed by atoms with van der Waals surface area (Å²) in [5, 5.41) is 24.5. The van der Waals surface area contributed by atoms with Crippen molar-refractivity contribution in [1.29, 1.82) is 5.26 Å². The van der Waals surface area contributed by atoms with Crippen LogP contribution in [-0.2, 0) is 28.7 Å². The Morgan fingerprint density at radius 2 is 1.17 bits per heavy atom. The number of aromatic amines is 1. The van der Waals surface area contributed by atoms with Gasteiger partial charge >= 0.3 is 41.5 Å². The van der Waals surface area contributed by atoms with E-state index in [0.717, 1.165) is 49.8 Å². The number of anilines is 2. The molecule has 0 bridgehead atoms. The summed E-state index contributed by atoms with van der Waals surface area (Å²) < 4.78 is 29.7. The van der Waals surface area contributed by atoms with Crippen LogP contribution in [0.1, 0.15) is 141 Å². The topological polar surface area (TPSA) is 461 Å². The van der Waals surface area contributed by atoms with E-state index in [9.17, 15) is 42.7 Å². The van der Waals surface area contributed by atoms with Gasteiger partial charge in [0.25, 0.3) is 22.2 Å². The van der Waals surface area contributed by atoms with Crippen LogP contribution in [0.2, 0.25) is 0 Å². The SMILES string of the molecule is BrBr.CC#N.CCC(=O)CC(=O)OC.COC(=O)CC(=O)C(C)Br.Cc1csc(N)n1.Cc1csc2nc(C(C)Br)c(Br)c(=O)n12.Cc1csc2nc(C(C)Br)cc(=O)n12.Cc1csc2nc(C(C)N=[N+]=[N-])c(Br)c(=O)n12.Cc1csc2nc([C@H](C)Nc3ncnc4nc[nH]c34)c(-c3cccc(F)c3)c(=O)n12.ClCCl.[N-]=[N+]=[N-].[Na+]. The molecular formula is C66H71Br7Cl2FN22NaO10S5. The van der Waals surface area contributed by atoms with Crippen LogP contribution in [0.5, 0.6) is 0 Å². The minimum atomic E-state index is -0.490. The van der Waals surface area contributed by atoms with Crippen molar-refractivity contribution in [3.05, 3.63) is 204 Å². The van der Waals surface area contributed by atoms with Crippen molar-refractivity contribution < 1.29 is 62.6 Å². The number of alkyl halides is 5. The van der Waals surface area contributed by atoms with E-state index >= 15 is 0 Å². The van der Waals surface area contributed by atoms with Gasteiger partial charge in [-0.05, 0) is 117 Å². The number of H-pyrrole nitrogens is 1. The smallest absolute Gasteiger partial charge is 0.469 e. The maximum Gasteiger partial charge on any atom is 1.00 e. The minimum absolute atomic E-state index is 0. The Hall–Kier alpha value is -6.38. The third-order valence-corrected chi connectivity index (χ3v) is 21.4. The predicted octanol–water partition coefficient (Wildman–Crippen LogP) is 16.7. The summed E-state index contributed by atoms with van der Waals surface area (Å²) in [6.45, 7) is 21.7. The molecule has 0 spiro atoms. The molecule has 48 heteroatoms. The Balaban J connectivity index is 0.000000680. The second-order valence-corrected chi connectivity index (χ2v) is 32.7. The number of carbonyl (C=O) groups excluding carboxylic acids is 4. The molecule has 0 saturated carbocycles. The fraction of sp³-hybridized carbons (Fsp3) is 0.348. The molecule has 11 heterocycles. The number of nitrogens with one attached hydrogen (secondary N) is 2. The number of ketones is 2. The largest absolute Gasteiger partial charge is 1.00 e. The molecule has 0 aliphatic carbocycles. The van der Waals surface area contributed by atoms with E-state index in [2.05, 4.69) is 173 Å².